The Hall–Kier alpha value is -0.830. The van der Waals surface area contributed by atoms with Crippen LogP contribution < -0.4 is 0 Å². The first kappa shape index (κ1) is 11.3. The number of fused-ring (bicyclic) bond motifs is 1. The van der Waals surface area contributed by atoms with E-state index in [2.05, 4.69) is 27.6 Å². The zero-order valence-corrected chi connectivity index (χ0v) is 10.9. The minimum atomic E-state index is 0.822. The Bertz CT molecular complexity index is 377. The number of aryl methyl sites for hydroxylation is 1. The Morgan fingerprint density at radius 1 is 1.35 bits per heavy atom. The molecule has 1 unspecified atom stereocenters. The fraction of sp³-hybridized carbons (Fsp3) is 0.786. The Morgan fingerprint density at radius 3 is 3.00 bits per heavy atom. The van der Waals surface area contributed by atoms with Gasteiger partial charge in [0.05, 0.1) is 0 Å². The van der Waals surface area contributed by atoms with Crippen molar-refractivity contribution in [2.75, 3.05) is 19.6 Å². The van der Waals surface area contributed by atoms with Crippen LogP contribution in [0.1, 0.15) is 37.7 Å². The fourth-order valence-electron chi connectivity index (χ4n) is 3.14. The van der Waals surface area contributed by atoms with Crippen molar-refractivity contribution in [2.45, 2.75) is 45.6 Å². The van der Waals surface area contributed by atoms with Crippen molar-refractivity contribution >= 4 is 0 Å². The SMILES string of the molecule is CC1CCc2cnc(CCN3CCCC3)n2C1. The van der Waals surface area contributed by atoms with Gasteiger partial charge in [-0.15, -0.1) is 0 Å². The molecule has 3 heterocycles. The van der Waals surface area contributed by atoms with Crippen LogP contribution in [0.5, 0.6) is 0 Å². The molecule has 0 spiro atoms. The van der Waals surface area contributed by atoms with Crippen molar-refractivity contribution < 1.29 is 0 Å². The van der Waals surface area contributed by atoms with Gasteiger partial charge in [0, 0.05) is 31.4 Å². The summed E-state index contributed by atoms with van der Waals surface area (Å²) < 4.78 is 2.48. The molecule has 0 aromatic carbocycles. The van der Waals surface area contributed by atoms with E-state index in [0.29, 0.717) is 0 Å². The van der Waals surface area contributed by atoms with E-state index in [1.165, 1.54) is 63.4 Å². The molecular formula is C14H23N3. The van der Waals surface area contributed by atoms with Crippen molar-refractivity contribution in [3.63, 3.8) is 0 Å². The quantitative estimate of drug-likeness (QED) is 0.797. The Morgan fingerprint density at radius 2 is 2.18 bits per heavy atom. The van der Waals surface area contributed by atoms with Crippen LogP contribution in [0.2, 0.25) is 0 Å². The molecule has 0 aliphatic carbocycles. The largest absolute Gasteiger partial charge is 0.332 e. The van der Waals surface area contributed by atoms with E-state index >= 15 is 0 Å². The Labute approximate surface area is 104 Å². The van der Waals surface area contributed by atoms with Gasteiger partial charge >= 0.3 is 0 Å². The number of hydrogen-bond acceptors (Lipinski definition) is 2. The van der Waals surface area contributed by atoms with E-state index in [4.69, 9.17) is 0 Å². The topological polar surface area (TPSA) is 21.1 Å². The molecule has 0 N–H and O–H groups in total. The lowest BCUT2D eigenvalue weighted by Crippen LogP contribution is -2.25. The molecule has 94 valence electrons. The third-order valence-corrected chi connectivity index (χ3v) is 4.26. The number of rotatable bonds is 3. The zero-order chi connectivity index (χ0) is 11.7. The van der Waals surface area contributed by atoms with Gasteiger partial charge in [-0.2, -0.15) is 0 Å². The lowest BCUT2D eigenvalue weighted by atomic mass is 10.0. The van der Waals surface area contributed by atoms with Crippen molar-refractivity contribution in [1.29, 1.82) is 0 Å². The molecule has 3 rings (SSSR count). The van der Waals surface area contributed by atoms with Crippen LogP contribution in [0.15, 0.2) is 6.20 Å². The second-order valence-electron chi connectivity index (χ2n) is 5.72. The number of nitrogens with zero attached hydrogens (tertiary/aromatic N) is 3. The van der Waals surface area contributed by atoms with Gasteiger partial charge in [-0.25, -0.2) is 4.98 Å². The molecule has 1 aromatic heterocycles. The summed E-state index contributed by atoms with van der Waals surface area (Å²) in [5.74, 6) is 2.14. The first-order valence-corrected chi connectivity index (χ1v) is 7.08. The maximum absolute atomic E-state index is 4.63. The van der Waals surface area contributed by atoms with E-state index in [0.717, 1.165) is 12.3 Å². The summed E-state index contributed by atoms with van der Waals surface area (Å²) in [5.41, 5.74) is 1.46. The normalized spacial score (nSPS) is 25.1. The predicted octanol–water partition coefficient (Wildman–Crippen LogP) is 2.10. The molecule has 0 radical (unpaired) electrons. The van der Waals surface area contributed by atoms with Gasteiger partial charge in [0.2, 0.25) is 0 Å². The highest BCUT2D eigenvalue weighted by molar-refractivity contribution is 5.09. The monoisotopic (exact) mass is 233 g/mol. The summed E-state index contributed by atoms with van der Waals surface area (Å²) in [7, 11) is 0. The van der Waals surface area contributed by atoms with Crippen LogP contribution in [0.3, 0.4) is 0 Å². The van der Waals surface area contributed by atoms with E-state index in [9.17, 15) is 0 Å². The first-order valence-electron chi connectivity index (χ1n) is 7.08. The third kappa shape index (κ3) is 2.39. The molecule has 1 saturated heterocycles. The minimum Gasteiger partial charge on any atom is -0.332 e. The lowest BCUT2D eigenvalue weighted by Gasteiger charge is -2.23. The zero-order valence-electron chi connectivity index (χ0n) is 10.9. The molecule has 0 bridgehead atoms. The molecule has 0 amide bonds. The van der Waals surface area contributed by atoms with Crippen LogP contribution in [-0.4, -0.2) is 34.1 Å². The van der Waals surface area contributed by atoms with Gasteiger partial charge in [0.25, 0.3) is 0 Å². The minimum absolute atomic E-state index is 0.822. The summed E-state index contributed by atoms with van der Waals surface area (Å²) in [6.45, 7) is 7.33. The molecule has 3 nitrogen and oxygen atoms in total. The van der Waals surface area contributed by atoms with Gasteiger partial charge in [-0.05, 0) is 44.7 Å². The summed E-state index contributed by atoms with van der Waals surface area (Å²) in [6.07, 6.45) is 8.56. The smallest absolute Gasteiger partial charge is 0.110 e. The average Bonchev–Trinajstić information content (AvgIpc) is 2.94. The van der Waals surface area contributed by atoms with Gasteiger partial charge < -0.3 is 9.47 Å². The summed E-state index contributed by atoms with van der Waals surface area (Å²) in [5, 5.41) is 0. The van der Waals surface area contributed by atoms with Gasteiger partial charge in [-0.1, -0.05) is 6.92 Å². The third-order valence-electron chi connectivity index (χ3n) is 4.26. The van der Waals surface area contributed by atoms with Crippen molar-refractivity contribution in [3.8, 4) is 0 Å². The summed E-state index contributed by atoms with van der Waals surface area (Å²) >= 11 is 0. The van der Waals surface area contributed by atoms with Gasteiger partial charge in [-0.3, -0.25) is 0 Å². The average molecular weight is 233 g/mol. The molecular weight excluding hydrogens is 210 g/mol. The van der Waals surface area contributed by atoms with Crippen LogP contribution in [-0.2, 0) is 19.4 Å². The highest BCUT2D eigenvalue weighted by atomic mass is 15.1. The van der Waals surface area contributed by atoms with Crippen LogP contribution in [0.25, 0.3) is 0 Å². The second-order valence-corrected chi connectivity index (χ2v) is 5.72. The van der Waals surface area contributed by atoms with Crippen LogP contribution in [0, 0.1) is 5.92 Å². The van der Waals surface area contributed by atoms with E-state index in [-0.39, 0.29) is 0 Å². The van der Waals surface area contributed by atoms with Crippen LogP contribution in [0.4, 0.5) is 0 Å². The highest BCUT2D eigenvalue weighted by Gasteiger charge is 2.19. The lowest BCUT2D eigenvalue weighted by molar-refractivity contribution is 0.332. The molecule has 17 heavy (non-hydrogen) atoms. The maximum atomic E-state index is 4.63. The predicted molar refractivity (Wildman–Crippen MR) is 69.1 cm³/mol. The van der Waals surface area contributed by atoms with E-state index < -0.39 is 0 Å². The number of aromatic nitrogens is 2. The first-order chi connectivity index (χ1) is 8.33. The molecule has 3 heteroatoms. The number of imidazole rings is 1. The summed E-state index contributed by atoms with van der Waals surface area (Å²) in [4.78, 5) is 7.21. The van der Waals surface area contributed by atoms with Crippen molar-refractivity contribution in [2.24, 2.45) is 5.92 Å². The van der Waals surface area contributed by atoms with E-state index in [1.807, 2.05) is 0 Å². The summed E-state index contributed by atoms with van der Waals surface area (Å²) in [6, 6.07) is 0. The molecule has 1 atom stereocenters. The van der Waals surface area contributed by atoms with Crippen molar-refractivity contribution in [3.05, 3.63) is 17.7 Å². The number of hydrogen-bond donors (Lipinski definition) is 0. The van der Waals surface area contributed by atoms with Gasteiger partial charge in [0.1, 0.15) is 5.82 Å². The van der Waals surface area contributed by atoms with Crippen molar-refractivity contribution in [1.82, 2.24) is 14.5 Å². The van der Waals surface area contributed by atoms with Gasteiger partial charge in [0.15, 0.2) is 0 Å². The van der Waals surface area contributed by atoms with Crippen LogP contribution >= 0.6 is 0 Å². The molecule has 2 aliphatic rings. The standard InChI is InChI=1S/C14H23N3/c1-12-4-5-13-10-15-14(17(13)11-12)6-9-16-7-2-3-8-16/h10,12H,2-9,11H2,1H3. The molecule has 2 aliphatic heterocycles. The molecule has 1 aromatic rings. The molecule has 0 saturated carbocycles. The fourth-order valence-corrected chi connectivity index (χ4v) is 3.14. The Balaban J connectivity index is 1.64. The Kier molecular flexibility index (Phi) is 3.19. The molecule has 1 fully saturated rings. The highest BCUT2D eigenvalue weighted by Crippen LogP contribution is 2.21. The number of likely N-dealkylation sites (tertiary alicyclic amines) is 1. The van der Waals surface area contributed by atoms with E-state index in [1.54, 1.807) is 0 Å². The maximum Gasteiger partial charge on any atom is 0.110 e. The second kappa shape index (κ2) is 4.81.